The first-order valence-electron chi connectivity index (χ1n) is 5.61. The van der Waals surface area contributed by atoms with Crippen LogP contribution in [0.2, 0.25) is 5.02 Å². The SMILES string of the molecule is Cc1cc(S(=O)(=O)N(C)CC(C)C#N)cc(N)c1Cl. The summed E-state index contributed by atoms with van der Waals surface area (Å²) in [6.07, 6.45) is 0. The van der Waals surface area contributed by atoms with Gasteiger partial charge in [0.2, 0.25) is 10.0 Å². The van der Waals surface area contributed by atoms with Gasteiger partial charge in [-0.15, -0.1) is 0 Å². The van der Waals surface area contributed by atoms with Gasteiger partial charge in [-0.25, -0.2) is 8.42 Å². The van der Waals surface area contributed by atoms with Crippen molar-refractivity contribution in [2.24, 2.45) is 5.92 Å². The first kappa shape index (κ1) is 15.8. The number of hydrogen-bond donors (Lipinski definition) is 1. The summed E-state index contributed by atoms with van der Waals surface area (Å²) in [6, 6.07) is 4.80. The van der Waals surface area contributed by atoms with Gasteiger partial charge in [0, 0.05) is 13.6 Å². The van der Waals surface area contributed by atoms with Crippen molar-refractivity contribution in [2.75, 3.05) is 19.3 Å². The van der Waals surface area contributed by atoms with Gasteiger partial charge in [-0.1, -0.05) is 11.6 Å². The lowest BCUT2D eigenvalue weighted by Crippen LogP contribution is -2.30. The number of sulfonamides is 1. The molecule has 0 fully saturated rings. The Labute approximate surface area is 118 Å². The van der Waals surface area contributed by atoms with Crippen molar-refractivity contribution in [1.29, 1.82) is 5.26 Å². The molecule has 0 aromatic heterocycles. The maximum Gasteiger partial charge on any atom is 0.242 e. The Morgan fingerprint density at radius 2 is 2.11 bits per heavy atom. The molecular weight excluding hydrogens is 286 g/mol. The van der Waals surface area contributed by atoms with Crippen LogP contribution in [0.3, 0.4) is 0 Å². The number of halogens is 1. The van der Waals surface area contributed by atoms with E-state index in [1.807, 2.05) is 6.07 Å². The molecule has 0 saturated carbocycles. The third-order valence-electron chi connectivity index (χ3n) is 2.72. The van der Waals surface area contributed by atoms with Crippen LogP contribution in [0.25, 0.3) is 0 Å². The van der Waals surface area contributed by atoms with Gasteiger partial charge in [0.15, 0.2) is 0 Å². The Balaban J connectivity index is 3.18. The van der Waals surface area contributed by atoms with Crippen LogP contribution in [0, 0.1) is 24.2 Å². The largest absolute Gasteiger partial charge is 0.397 e. The first-order chi connectivity index (χ1) is 8.70. The molecule has 0 radical (unpaired) electrons. The monoisotopic (exact) mass is 301 g/mol. The molecule has 2 N–H and O–H groups in total. The number of hydrogen-bond acceptors (Lipinski definition) is 4. The summed E-state index contributed by atoms with van der Waals surface area (Å²) in [4.78, 5) is 0.0829. The number of nitrogens with zero attached hydrogens (tertiary/aromatic N) is 2. The van der Waals surface area contributed by atoms with Gasteiger partial charge in [-0.3, -0.25) is 0 Å². The highest BCUT2D eigenvalue weighted by molar-refractivity contribution is 7.89. The van der Waals surface area contributed by atoms with Gasteiger partial charge < -0.3 is 5.73 Å². The molecule has 0 saturated heterocycles. The van der Waals surface area contributed by atoms with Crippen LogP contribution in [-0.2, 0) is 10.0 Å². The fourth-order valence-electron chi connectivity index (χ4n) is 1.62. The summed E-state index contributed by atoms with van der Waals surface area (Å²) in [5, 5.41) is 9.09. The molecule has 0 spiro atoms. The molecule has 1 rings (SSSR count). The highest BCUT2D eigenvalue weighted by atomic mass is 35.5. The zero-order chi connectivity index (χ0) is 14.8. The Morgan fingerprint density at radius 3 is 2.58 bits per heavy atom. The second kappa shape index (κ2) is 5.78. The lowest BCUT2D eigenvalue weighted by atomic mass is 10.2. The fourth-order valence-corrected chi connectivity index (χ4v) is 3.11. The van der Waals surface area contributed by atoms with Gasteiger partial charge in [0.1, 0.15) is 0 Å². The molecule has 104 valence electrons. The smallest absolute Gasteiger partial charge is 0.242 e. The van der Waals surface area contributed by atoms with Gasteiger partial charge in [0.25, 0.3) is 0 Å². The topological polar surface area (TPSA) is 87.2 Å². The van der Waals surface area contributed by atoms with Crippen LogP contribution in [0.4, 0.5) is 5.69 Å². The van der Waals surface area contributed by atoms with Crippen molar-refractivity contribution in [1.82, 2.24) is 4.31 Å². The maximum atomic E-state index is 12.3. The number of nitriles is 1. The van der Waals surface area contributed by atoms with Crippen molar-refractivity contribution in [3.63, 3.8) is 0 Å². The zero-order valence-corrected chi connectivity index (χ0v) is 12.6. The van der Waals surface area contributed by atoms with E-state index < -0.39 is 10.0 Å². The highest BCUT2D eigenvalue weighted by Crippen LogP contribution is 2.28. The van der Waals surface area contributed by atoms with Crippen LogP contribution in [0.5, 0.6) is 0 Å². The minimum Gasteiger partial charge on any atom is -0.397 e. The molecule has 0 bridgehead atoms. The van der Waals surface area contributed by atoms with E-state index in [0.29, 0.717) is 10.6 Å². The van der Waals surface area contributed by atoms with Crippen LogP contribution < -0.4 is 5.73 Å². The Kier molecular flexibility index (Phi) is 4.80. The summed E-state index contributed by atoms with van der Waals surface area (Å²) in [5.41, 5.74) is 6.50. The second-order valence-electron chi connectivity index (χ2n) is 4.46. The van der Waals surface area contributed by atoms with E-state index in [-0.39, 0.29) is 23.0 Å². The summed E-state index contributed by atoms with van der Waals surface area (Å²) in [6.45, 7) is 3.48. The minimum atomic E-state index is -3.66. The number of anilines is 1. The van der Waals surface area contributed by atoms with Crippen LogP contribution in [-0.4, -0.2) is 26.3 Å². The molecule has 5 nitrogen and oxygen atoms in total. The maximum absolute atomic E-state index is 12.3. The summed E-state index contributed by atoms with van der Waals surface area (Å²) in [7, 11) is -2.23. The number of nitrogen functional groups attached to an aromatic ring is 1. The first-order valence-corrected chi connectivity index (χ1v) is 7.43. The lowest BCUT2D eigenvalue weighted by molar-refractivity contribution is 0.439. The van der Waals surface area contributed by atoms with E-state index in [1.165, 1.54) is 19.2 Å². The summed E-state index contributed by atoms with van der Waals surface area (Å²) >= 11 is 5.91. The number of rotatable bonds is 4. The Hall–Kier alpha value is -1.29. The standard InChI is InChI=1S/C12H16ClN3O2S/c1-8(6-14)7-16(3)19(17,18)10-4-9(2)12(13)11(15)5-10/h4-5,8H,7,15H2,1-3H3. The Morgan fingerprint density at radius 1 is 1.53 bits per heavy atom. The molecule has 0 aliphatic carbocycles. The van der Waals surface area contributed by atoms with Crippen molar-refractivity contribution >= 4 is 27.3 Å². The van der Waals surface area contributed by atoms with E-state index in [9.17, 15) is 8.42 Å². The van der Waals surface area contributed by atoms with Gasteiger partial charge >= 0.3 is 0 Å². The summed E-state index contributed by atoms with van der Waals surface area (Å²) < 4.78 is 25.8. The predicted octanol–water partition coefficient (Wildman–Crippen LogP) is 2.01. The van der Waals surface area contributed by atoms with Gasteiger partial charge in [-0.05, 0) is 31.5 Å². The van der Waals surface area contributed by atoms with E-state index in [4.69, 9.17) is 22.6 Å². The predicted molar refractivity (Wildman–Crippen MR) is 75.2 cm³/mol. The van der Waals surface area contributed by atoms with Crippen LogP contribution in [0.1, 0.15) is 12.5 Å². The minimum absolute atomic E-state index is 0.0829. The molecule has 0 heterocycles. The third kappa shape index (κ3) is 3.38. The summed E-state index contributed by atoms with van der Waals surface area (Å²) in [5.74, 6) is -0.384. The molecule has 1 aromatic carbocycles. The van der Waals surface area contributed by atoms with Crippen molar-refractivity contribution in [3.8, 4) is 6.07 Å². The molecule has 0 aliphatic rings. The van der Waals surface area contributed by atoms with Crippen LogP contribution in [0.15, 0.2) is 17.0 Å². The van der Waals surface area contributed by atoms with Crippen molar-refractivity contribution < 1.29 is 8.42 Å². The van der Waals surface area contributed by atoms with Gasteiger partial charge in [-0.2, -0.15) is 9.57 Å². The molecule has 1 aromatic rings. The van der Waals surface area contributed by atoms with Crippen molar-refractivity contribution in [2.45, 2.75) is 18.7 Å². The zero-order valence-electron chi connectivity index (χ0n) is 11.0. The highest BCUT2D eigenvalue weighted by Gasteiger charge is 2.23. The normalized spacial score (nSPS) is 13.3. The van der Waals surface area contributed by atoms with Crippen molar-refractivity contribution in [3.05, 3.63) is 22.7 Å². The van der Waals surface area contributed by atoms with E-state index >= 15 is 0 Å². The number of nitrogens with two attached hydrogens (primary N) is 1. The molecule has 19 heavy (non-hydrogen) atoms. The molecule has 0 amide bonds. The Bertz CT molecular complexity index is 599. The van der Waals surface area contributed by atoms with E-state index in [0.717, 1.165) is 4.31 Å². The molecule has 1 atom stereocenters. The third-order valence-corrected chi connectivity index (χ3v) is 5.03. The molecule has 7 heteroatoms. The fraction of sp³-hybridized carbons (Fsp3) is 0.417. The average Bonchev–Trinajstić information content (AvgIpc) is 2.34. The van der Waals surface area contributed by atoms with E-state index in [2.05, 4.69) is 0 Å². The average molecular weight is 302 g/mol. The number of aryl methyl sites for hydroxylation is 1. The second-order valence-corrected chi connectivity index (χ2v) is 6.88. The van der Waals surface area contributed by atoms with Crippen LogP contribution >= 0.6 is 11.6 Å². The number of benzene rings is 1. The van der Waals surface area contributed by atoms with E-state index in [1.54, 1.807) is 13.8 Å². The molecular formula is C12H16ClN3O2S. The lowest BCUT2D eigenvalue weighted by Gasteiger charge is -2.19. The molecule has 0 aliphatic heterocycles. The quantitative estimate of drug-likeness (QED) is 0.862. The van der Waals surface area contributed by atoms with Gasteiger partial charge in [0.05, 0.1) is 27.6 Å². The molecule has 1 unspecified atom stereocenters.